The van der Waals surface area contributed by atoms with Crippen LogP contribution in [0.15, 0.2) is 122 Å². The molecular weight excluding hydrogens is 841 g/mol. The summed E-state index contributed by atoms with van der Waals surface area (Å²) >= 11 is 0. The van der Waals surface area contributed by atoms with Crippen LogP contribution >= 0.6 is 0 Å². The van der Waals surface area contributed by atoms with E-state index in [1.54, 1.807) is 0 Å². The van der Waals surface area contributed by atoms with Gasteiger partial charge < -0.3 is 14.2 Å². The molecule has 0 rings (SSSR count). The first-order valence-corrected chi connectivity index (χ1v) is 27.7. The third-order valence-electron chi connectivity index (χ3n) is 11.4. The second-order valence-corrected chi connectivity index (χ2v) is 18.0. The Morgan fingerprint density at radius 1 is 0.309 bits per heavy atom. The minimum absolute atomic E-state index is 0.116. The number of hydrogen-bond acceptors (Lipinski definition) is 6. The molecule has 0 saturated heterocycles. The van der Waals surface area contributed by atoms with Crippen LogP contribution in [0.3, 0.4) is 0 Å². The van der Waals surface area contributed by atoms with Gasteiger partial charge in [-0.25, -0.2) is 0 Å². The van der Waals surface area contributed by atoms with Crippen LogP contribution in [-0.4, -0.2) is 37.2 Å². The van der Waals surface area contributed by atoms with Crippen molar-refractivity contribution in [3.63, 3.8) is 0 Å². The Labute approximate surface area is 418 Å². The van der Waals surface area contributed by atoms with Crippen LogP contribution in [-0.2, 0) is 28.6 Å². The summed E-state index contributed by atoms with van der Waals surface area (Å²) in [6, 6.07) is 0. The Morgan fingerprint density at radius 3 is 1.03 bits per heavy atom. The predicted molar refractivity (Wildman–Crippen MR) is 293 cm³/mol. The molecule has 0 saturated carbocycles. The van der Waals surface area contributed by atoms with Gasteiger partial charge in [0, 0.05) is 19.3 Å². The van der Waals surface area contributed by atoms with E-state index in [0.717, 1.165) is 77.0 Å². The van der Waals surface area contributed by atoms with Crippen LogP contribution in [0.1, 0.15) is 233 Å². The molecule has 0 radical (unpaired) electrons. The van der Waals surface area contributed by atoms with Crippen molar-refractivity contribution in [2.75, 3.05) is 13.2 Å². The number of ether oxygens (including phenoxy) is 3. The highest BCUT2D eigenvalue weighted by atomic mass is 16.6. The topological polar surface area (TPSA) is 78.9 Å². The van der Waals surface area contributed by atoms with E-state index in [4.69, 9.17) is 14.2 Å². The minimum atomic E-state index is -0.825. The molecule has 68 heavy (non-hydrogen) atoms. The average molecular weight is 941 g/mol. The van der Waals surface area contributed by atoms with Crippen LogP contribution in [0.5, 0.6) is 0 Å². The number of esters is 3. The van der Waals surface area contributed by atoms with Gasteiger partial charge in [-0.05, 0) is 83.5 Å². The van der Waals surface area contributed by atoms with Gasteiger partial charge in [0.05, 0.1) is 0 Å². The van der Waals surface area contributed by atoms with Crippen molar-refractivity contribution in [3.8, 4) is 0 Å². The largest absolute Gasteiger partial charge is 0.462 e. The van der Waals surface area contributed by atoms with E-state index in [2.05, 4.69) is 87.6 Å². The lowest BCUT2D eigenvalue weighted by atomic mass is 10.1. The summed E-state index contributed by atoms with van der Waals surface area (Å²) in [5, 5.41) is 0. The van der Waals surface area contributed by atoms with Gasteiger partial charge >= 0.3 is 17.9 Å². The normalized spacial score (nSPS) is 13.0. The third kappa shape index (κ3) is 52.8. The SMILES string of the molecule is CC/C=C/C=C/C=C/C=C/C=C/CCCC(=O)OCC(COC(=O)CCCCCCCCC/C=C/CCCCCCCCCC)OC(=O)CCCCCCC/C=C/C=C/C=C/C=C/CCCCC. The molecule has 6 nitrogen and oxygen atoms in total. The Hall–Kier alpha value is -4.19. The second-order valence-electron chi connectivity index (χ2n) is 18.0. The van der Waals surface area contributed by atoms with Crippen molar-refractivity contribution in [1.82, 2.24) is 0 Å². The van der Waals surface area contributed by atoms with Crippen LogP contribution in [0.2, 0.25) is 0 Å². The van der Waals surface area contributed by atoms with Gasteiger partial charge in [0.15, 0.2) is 6.10 Å². The van der Waals surface area contributed by atoms with E-state index in [1.807, 2.05) is 54.7 Å². The van der Waals surface area contributed by atoms with Gasteiger partial charge in [-0.1, -0.05) is 251 Å². The van der Waals surface area contributed by atoms with Crippen LogP contribution in [0.25, 0.3) is 0 Å². The van der Waals surface area contributed by atoms with Gasteiger partial charge in [-0.15, -0.1) is 0 Å². The molecule has 6 heteroatoms. The molecule has 0 spiro atoms. The molecule has 0 N–H and O–H groups in total. The summed E-state index contributed by atoms with van der Waals surface area (Å²) in [4.78, 5) is 38.1. The molecule has 0 amide bonds. The first-order chi connectivity index (χ1) is 33.5. The summed E-state index contributed by atoms with van der Waals surface area (Å²) in [7, 11) is 0. The van der Waals surface area contributed by atoms with Crippen molar-refractivity contribution in [1.29, 1.82) is 0 Å². The summed E-state index contributed by atoms with van der Waals surface area (Å²) in [5.74, 6) is -1.02. The number of rotatable bonds is 48. The molecule has 0 bridgehead atoms. The standard InChI is InChI=1S/C62H100O6/c1-4-7-10-13-16-19-22-25-27-29-31-33-34-37-40-43-46-49-52-55-61(64)67-58-59(57-66-60(63)54-51-48-45-42-39-36-24-21-18-15-12-9-6-3)68-62(65)56-53-50-47-44-41-38-35-32-30-28-26-23-20-17-14-11-8-5-2/h9,12,15,17-18,20-21,23-24,26,28-32,35-36,39,42,45,59H,4-8,10-11,13-14,16,19,22,25,27,33-34,37-38,40-41,43-44,46-58H2,1-3H3/b12-9+,18-15+,20-17+,24-21+,26-23+,30-28+,31-29+,35-32+,39-36+,45-42+. The lowest BCUT2D eigenvalue weighted by molar-refractivity contribution is -0.167. The zero-order valence-electron chi connectivity index (χ0n) is 43.8. The van der Waals surface area contributed by atoms with Crippen LogP contribution in [0, 0.1) is 0 Å². The number of allylic oxidation sites excluding steroid dienone is 20. The predicted octanol–water partition coefficient (Wildman–Crippen LogP) is 18.5. The van der Waals surface area contributed by atoms with E-state index in [1.165, 1.54) is 109 Å². The van der Waals surface area contributed by atoms with E-state index in [-0.39, 0.29) is 44.0 Å². The van der Waals surface area contributed by atoms with Gasteiger partial charge in [0.1, 0.15) is 13.2 Å². The lowest BCUT2D eigenvalue weighted by Crippen LogP contribution is -2.30. The Balaban J connectivity index is 4.52. The molecule has 384 valence electrons. The second kappa shape index (κ2) is 55.4. The molecule has 0 heterocycles. The zero-order valence-corrected chi connectivity index (χ0v) is 43.8. The molecule has 1 atom stereocenters. The highest BCUT2D eigenvalue weighted by Crippen LogP contribution is 2.14. The van der Waals surface area contributed by atoms with Crippen molar-refractivity contribution >= 4 is 17.9 Å². The van der Waals surface area contributed by atoms with Crippen LogP contribution < -0.4 is 0 Å². The van der Waals surface area contributed by atoms with Crippen LogP contribution in [0.4, 0.5) is 0 Å². The lowest BCUT2D eigenvalue weighted by Gasteiger charge is -2.18. The molecule has 0 aromatic heterocycles. The number of carbonyl (C=O) groups is 3. The highest BCUT2D eigenvalue weighted by molar-refractivity contribution is 5.71. The molecule has 0 aliphatic heterocycles. The summed E-state index contributed by atoms with van der Waals surface area (Å²) in [6.07, 6.45) is 76.2. The number of unbranched alkanes of at least 4 members (excludes halogenated alkanes) is 24. The maximum Gasteiger partial charge on any atom is 0.306 e. The monoisotopic (exact) mass is 941 g/mol. The zero-order chi connectivity index (χ0) is 49.3. The number of carbonyl (C=O) groups excluding carboxylic acids is 3. The fourth-order valence-corrected chi connectivity index (χ4v) is 7.24. The average Bonchev–Trinajstić information content (AvgIpc) is 3.34. The molecule has 0 aliphatic rings. The molecule has 0 aliphatic carbocycles. The van der Waals surface area contributed by atoms with Crippen molar-refractivity contribution in [2.45, 2.75) is 239 Å². The maximum absolute atomic E-state index is 12.8. The fraction of sp³-hybridized carbons (Fsp3) is 0.629. The molecule has 0 fully saturated rings. The maximum atomic E-state index is 12.8. The molecule has 0 aromatic carbocycles. The molecular formula is C62H100O6. The van der Waals surface area contributed by atoms with Gasteiger partial charge in [0.2, 0.25) is 0 Å². The van der Waals surface area contributed by atoms with Gasteiger partial charge in [0.25, 0.3) is 0 Å². The first kappa shape index (κ1) is 63.8. The summed E-state index contributed by atoms with van der Waals surface area (Å²) in [5.41, 5.74) is 0. The van der Waals surface area contributed by atoms with Crippen molar-refractivity contribution < 1.29 is 28.6 Å². The smallest absolute Gasteiger partial charge is 0.306 e. The highest BCUT2D eigenvalue weighted by Gasteiger charge is 2.19. The Kier molecular flexibility index (Phi) is 52.0. The fourth-order valence-electron chi connectivity index (χ4n) is 7.24. The summed E-state index contributed by atoms with van der Waals surface area (Å²) < 4.78 is 16.7. The first-order valence-electron chi connectivity index (χ1n) is 27.7. The number of hydrogen-bond donors (Lipinski definition) is 0. The minimum Gasteiger partial charge on any atom is -0.462 e. The van der Waals surface area contributed by atoms with E-state index >= 15 is 0 Å². The van der Waals surface area contributed by atoms with Crippen molar-refractivity contribution in [2.24, 2.45) is 0 Å². The summed E-state index contributed by atoms with van der Waals surface area (Å²) in [6.45, 7) is 6.36. The van der Waals surface area contributed by atoms with E-state index in [9.17, 15) is 14.4 Å². The molecule has 0 aromatic rings. The Morgan fingerprint density at radius 2 is 0.603 bits per heavy atom. The quantitative estimate of drug-likeness (QED) is 0.0199. The van der Waals surface area contributed by atoms with Gasteiger partial charge in [-0.3, -0.25) is 14.4 Å². The van der Waals surface area contributed by atoms with E-state index < -0.39 is 6.10 Å². The molecule has 1 unspecified atom stereocenters. The van der Waals surface area contributed by atoms with Gasteiger partial charge in [-0.2, -0.15) is 0 Å². The third-order valence-corrected chi connectivity index (χ3v) is 11.4. The van der Waals surface area contributed by atoms with E-state index in [0.29, 0.717) is 12.8 Å². The van der Waals surface area contributed by atoms with Crippen molar-refractivity contribution in [3.05, 3.63) is 122 Å². The Bertz CT molecular complexity index is 1450.